The Balaban J connectivity index is 5.23. The maximum Gasteiger partial charge on any atom is 0.472 e. The Morgan fingerprint density at radius 2 is 0.500 bits per heavy atom. The molecular weight excluding hydrogens is 1260 g/mol. The van der Waals surface area contributed by atoms with Gasteiger partial charge in [0.05, 0.1) is 26.4 Å². The van der Waals surface area contributed by atoms with E-state index < -0.39 is 97.5 Å². The molecule has 570 valence electrons. The Kier molecular flexibility index (Phi) is 65.0. The molecule has 96 heavy (non-hydrogen) atoms. The van der Waals surface area contributed by atoms with Crippen LogP contribution in [0.3, 0.4) is 0 Å². The van der Waals surface area contributed by atoms with E-state index in [1.54, 1.807) is 0 Å². The quantitative estimate of drug-likeness (QED) is 0.0222. The van der Waals surface area contributed by atoms with Gasteiger partial charge in [-0.2, -0.15) is 0 Å². The van der Waals surface area contributed by atoms with Crippen LogP contribution >= 0.6 is 15.6 Å². The molecule has 0 rings (SSSR count). The minimum Gasteiger partial charge on any atom is -0.462 e. The predicted molar refractivity (Wildman–Crippen MR) is 391 cm³/mol. The lowest BCUT2D eigenvalue weighted by molar-refractivity contribution is -0.161. The Labute approximate surface area is 588 Å². The number of carbonyl (C=O) groups is 4. The number of unbranched alkanes of at least 4 members (excludes halogenated alkanes) is 39. The van der Waals surface area contributed by atoms with Crippen LogP contribution in [0.15, 0.2) is 0 Å². The molecule has 0 bridgehead atoms. The molecular formula is C77H150O17P2. The molecule has 0 spiro atoms. The molecule has 0 aliphatic carbocycles. The van der Waals surface area contributed by atoms with E-state index in [1.807, 2.05) is 0 Å². The van der Waals surface area contributed by atoms with Crippen molar-refractivity contribution in [1.82, 2.24) is 0 Å². The van der Waals surface area contributed by atoms with Gasteiger partial charge in [0, 0.05) is 25.7 Å². The highest BCUT2D eigenvalue weighted by molar-refractivity contribution is 7.47. The van der Waals surface area contributed by atoms with Crippen LogP contribution in [0.1, 0.15) is 389 Å². The molecule has 0 aliphatic heterocycles. The summed E-state index contributed by atoms with van der Waals surface area (Å²) in [5, 5.41) is 10.6. The molecule has 0 saturated heterocycles. The van der Waals surface area contributed by atoms with Crippen molar-refractivity contribution in [3.05, 3.63) is 0 Å². The number of phosphoric acid groups is 2. The third-order valence-electron chi connectivity index (χ3n) is 18.2. The minimum atomic E-state index is -4.96. The summed E-state index contributed by atoms with van der Waals surface area (Å²) in [7, 11) is -9.91. The third kappa shape index (κ3) is 69.2. The number of hydrogen-bond acceptors (Lipinski definition) is 15. The summed E-state index contributed by atoms with van der Waals surface area (Å²) in [4.78, 5) is 72.8. The molecule has 0 heterocycles. The van der Waals surface area contributed by atoms with Crippen LogP contribution in [0, 0.1) is 23.7 Å². The van der Waals surface area contributed by atoms with Crippen LogP contribution in [-0.4, -0.2) is 96.7 Å². The highest BCUT2D eigenvalue weighted by atomic mass is 31.2. The van der Waals surface area contributed by atoms with E-state index in [4.69, 9.17) is 37.0 Å². The van der Waals surface area contributed by atoms with Crippen LogP contribution < -0.4 is 0 Å². The van der Waals surface area contributed by atoms with E-state index in [9.17, 15) is 43.2 Å². The maximum atomic E-state index is 13.1. The summed E-state index contributed by atoms with van der Waals surface area (Å²) in [5.41, 5.74) is 0. The van der Waals surface area contributed by atoms with Crippen molar-refractivity contribution in [3.8, 4) is 0 Å². The zero-order chi connectivity index (χ0) is 71.0. The van der Waals surface area contributed by atoms with Gasteiger partial charge >= 0.3 is 39.5 Å². The van der Waals surface area contributed by atoms with Gasteiger partial charge in [-0.25, -0.2) is 9.13 Å². The first kappa shape index (κ1) is 94.1. The minimum absolute atomic E-state index is 0.103. The van der Waals surface area contributed by atoms with Crippen LogP contribution in [0.25, 0.3) is 0 Å². The first-order chi connectivity index (χ1) is 46.1. The SMILES string of the molecule is CCC(C)CCCCCCCCC(=O)OC[C@H](COP(=O)(O)OC[C@H](O)COP(=O)(O)OC[C@@H](COC(=O)CCCCCCCCCCCCCCCCCCC(C)C)OC(=O)CCCCCCCCCCCCCCCC(C)C)OC(=O)CCCCCCCCCCC(C)C. The fourth-order valence-corrected chi connectivity index (χ4v) is 13.3. The molecule has 3 unspecified atom stereocenters. The highest BCUT2D eigenvalue weighted by Gasteiger charge is 2.30. The molecule has 6 atom stereocenters. The molecule has 0 radical (unpaired) electrons. The Hall–Kier alpha value is -1.94. The number of aliphatic hydroxyl groups excluding tert-OH is 1. The van der Waals surface area contributed by atoms with Gasteiger partial charge in [-0.15, -0.1) is 0 Å². The van der Waals surface area contributed by atoms with E-state index in [0.717, 1.165) is 120 Å². The number of esters is 4. The van der Waals surface area contributed by atoms with Crippen molar-refractivity contribution in [2.75, 3.05) is 39.6 Å². The van der Waals surface area contributed by atoms with Gasteiger partial charge in [-0.1, -0.05) is 338 Å². The number of phosphoric ester groups is 2. The smallest absolute Gasteiger partial charge is 0.462 e. The molecule has 0 amide bonds. The molecule has 0 fully saturated rings. The van der Waals surface area contributed by atoms with Crippen molar-refractivity contribution >= 4 is 39.5 Å². The summed E-state index contributed by atoms with van der Waals surface area (Å²) < 4.78 is 68.5. The second kappa shape index (κ2) is 66.3. The van der Waals surface area contributed by atoms with E-state index in [1.165, 1.54) is 186 Å². The second-order valence-corrected chi connectivity index (χ2v) is 32.3. The normalized spacial score (nSPS) is 14.4. The first-order valence-electron chi connectivity index (χ1n) is 39.7. The molecule has 3 N–H and O–H groups in total. The molecule has 0 aliphatic rings. The Bertz CT molecular complexity index is 1890. The van der Waals surface area contributed by atoms with Gasteiger partial charge in [0.25, 0.3) is 0 Å². The van der Waals surface area contributed by atoms with Crippen molar-refractivity contribution in [2.24, 2.45) is 23.7 Å². The van der Waals surface area contributed by atoms with Gasteiger partial charge in [-0.05, 0) is 49.4 Å². The van der Waals surface area contributed by atoms with E-state index >= 15 is 0 Å². The van der Waals surface area contributed by atoms with Crippen LogP contribution in [0.4, 0.5) is 0 Å². The molecule has 0 aromatic heterocycles. The first-order valence-corrected chi connectivity index (χ1v) is 42.7. The molecule has 17 nitrogen and oxygen atoms in total. The summed E-state index contributed by atoms with van der Waals surface area (Å²) >= 11 is 0. The topological polar surface area (TPSA) is 237 Å². The van der Waals surface area contributed by atoms with E-state index in [-0.39, 0.29) is 25.7 Å². The van der Waals surface area contributed by atoms with Gasteiger partial charge in [-0.3, -0.25) is 37.3 Å². The fraction of sp³-hybridized carbons (Fsp3) is 0.948. The average Bonchev–Trinajstić information content (AvgIpc) is 3.10. The van der Waals surface area contributed by atoms with Crippen LogP contribution in [0.2, 0.25) is 0 Å². The van der Waals surface area contributed by atoms with Crippen molar-refractivity contribution in [2.45, 2.75) is 408 Å². The Morgan fingerprint density at radius 3 is 0.740 bits per heavy atom. The molecule has 0 saturated carbocycles. The van der Waals surface area contributed by atoms with Crippen molar-refractivity contribution < 1.29 is 80.2 Å². The lowest BCUT2D eigenvalue weighted by Crippen LogP contribution is -2.30. The largest absolute Gasteiger partial charge is 0.472 e. The lowest BCUT2D eigenvalue weighted by Gasteiger charge is -2.21. The Morgan fingerprint density at radius 1 is 0.292 bits per heavy atom. The van der Waals surface area contributed by atoms with Crippen molar-refractivity contribution in [1.29, 1.82) is 0 Å². The zero-order valence-electron chi connectivity index (χ0n) is 63.0. The standard InChI is InChI=1S/C77H150O17P2/c1-9-70(8)56-48-40-35-36-42-50-58-75(80)88-64-73(94-77(82)60-52-44-34-28-27-31-39-47-55-69(6)7)66-92-96(85,86)90-62-71(78)61-89-95(83,84)91-65-72(93-76(81)59-51-43-33-26-22-18-14-16-20-24-30-38-46-54-68(4)5)63-87-74(79)57-49-41-32-25-21-17-13-11-10-12-15-19-23-29-37-45-53-67(2)3/h67-73,78H,9-66H2,1-8H3,(H,83,84)(H,85,86)/t70?,71-,72-,73-/m1/s1. The van der Waals surface area contributed by atoms with E-state index in [0.29, 0.717) is 25.7 Å². The molecule has 0 aromatic carbocycles. The summed E-state index contributed by atoms with van der Waals surface area (Å²) in [6.07, 6.45) is 51.5. The predicted octanol–water partition coefficient (Wildman–Crippen LogP) is 22.4. The monoisotopic (exact) mass is 1410 g/mol. The molecule has 0 aromatic rings. The van der Waals surface area contributed by atoms with Crippen LogP contribution in [-0.2, 0) is 65.4 Å². The van der Waals surface area contributed by atoms with E-state index in [2.05, 4.69) is 55.4 Å². The van der Waals surface area contributed by atoms with Gasteiger partial charge in [0.2, 0.25) is 0 Å². The molecule has 19 heteroatoms. The maximum absolute atomic E-state index is 13.1. The average molecular weight is 1410 g/mol. The van der Waals surface area contributed by atoms with Gasteiger partial charge < -0.3 is 33.8 Å². The third-order valence-corrected chi connectivity index (χ3v) is 20.1. The zero-order valence-corrected chi connectivity index (χ0v) is 64.8. The number of aliphatic hydroxyl groups is 1. The fourth-order valence-electron chi connectivity index (χ4n) is 11.7. The lowest BCUT2D eigenvalue weighted by atomic mass is 10.00. The number of hydrogen-bond donors (Lipinski definition) is 3. The second-order valence-electron chi connectivity index (χ2n) is 29.4. The number of rotatable bonds is 74. The summed E-state index contributed by atoms with van der Waals surface area (Å²) in [5.74, 6) is 0.926. The van der Waals surface area contributed by atoms with Crippen LogP contribution in [0.5, 0.6) is 0 Å². The number of carbonyl (C=O) groups excluding carboxylic acids is 4. The number of ether oxygens (including phenoxy) is 4. The summed E-state index contributed by atoms with van der Waals surface area (Å²) in [6.45, 7) is 14.2. The highest BCUT2D eigenvalue weighted by Crippen LogP contribution is 2.45. The van der Waals surface area contributed by atoms with Gasteiger partial charge in [0.15, 0.2) is 12.2 Å². The summed E-state index contributed by atoms with van der Waals surface area (Å²) in [6, 6.07) is 0. The van der Waals surface area contributed by atoms with Gasteiger partial charge in [0.1, 0.15) is 19.3 Å². The van der Waals surface area contributed by atoms with Crippen molar-refractivity contribution in [3.63, 3.8) is 0 Å².